The van der Waals surface area contributed by atoms with E-state index in [1.165, 1.54) is 4.90 Å². The molecule has 12 heteroatoms. The second kappa shape index (κ2) is 14.0. The van der Waals surface area contributed by atoms with E-state index < -0.39 is 11.6 Å². The van der Waals surface area contributed by atoms with Gasteiger partial charge in [-0.2, -0.15) is 0 Å². The topological polar surface area (TPSA) is 169 Å². The van der Waals surface area contributed by atoms with Gasteiger partial charge in [-0.25, -0.2) is 4.99 Å². The van der Waals surface area contributed by atoms with Crippen molar-refractivity contribution >= 4 is 11.8 Å². The van der Waals surface area contributed by atoms with Gasteiger partial charge in [-0.1, -0.05) is 58.8 Å². The summed E-state index contributed by atoms with van der Waals surface area (Å²) in [5, 5.41) is 16.5. The zero-order valence-corrected chi connectivity index (χ0v) is 23.5. The van der Waals surface area contributed by atoms with Crippen molar-refractivity contribution in [1.82, 2.24) is 4.90 Å². The fourth-order valence-electron chi connectivity index (χ4n) is 4.96. The van der Waals surface area contributed by atoms with Gasteiger partial charge < -0.3 is 19.5 Å². The molecule has 0 saturated heterocycles. The van der Waals surface area contributed by atoms with Crippen molar-refractivity contribution in [3.63, 3.8) is 0 Å². The fraction of sp³-hybridized carbons (Fsp3) is 0.333. The molecule has 4 rings (SSSR count). The number of benzene rings is 3. The van der Waals surface area contributed by atoms with Gasteiger partial charge in [0.1, 0.15) is 5.75 Å². The maximum atomic E-state index is 14.2. The first-order valence-electron chi connectivity index (χ1n) is 13.4. The number of carbonyl (C=O) groups is 1. The Morgan fingerprint density at radius 3 is 2.24 bits per heavy atom. The average molecular weight is 569 g/mol. The normalized spacial score (nSPS) is 17.3. The van der Waals surface area contributed by atoms with Gasteiger partial charge in [0.15, 0.2) is 11.6 Å². The van der Waals surface area contributed by atoms with Crippen LogP contribution in [0, 0.1) is 0 Å². The summed E-state index contributed by atoms with van der Waals surface area (Å²) >= 11 is 0. The molecule has 0 fully saturated rings. The molecule has 0 aromatic heterocycles. The van der Waals surface area contributed by atoms with Gasteiger partial charge in [0, 0.05) is 48.9 Å². The smallest absolute Gasteiger partial charge is 0.254 e. The molecule has 3 aromatic rings. The quantitative estimate of drug-likeness (QED) is 0.122. The molecular weight excluding hydrogens is 536 g/mol. The van der Waals surface area contributed by atoms with E-state index in [1.807, 2.05) is 60.7 Å². The number of carbonyl (C=O) groups excluding carboxylic acids is 1. The third-order valence-electron chi connectivity index (χ3n) is 6.94. The summed E-state index contributed by atoms with van der Waals surface area (Å²) in [6.07, 6.45) is -0.182. The molecule has 0 unspecified atom stereocenters. The Labute approximate surface area is 243 Å². The van der Waals surface area contributed by atoms with E-state index in [0.29, 0.717) is 35.5 Å². The van der Waals surface area contributed by atoms with Gasteiger partial charge in [-0.3, -0.25) is 4.79 Å². The van der Waals surface area contributed by atoms with Crippen molar-refractivity contribution in [2.45, 2.75) is 37.6 Å². The molecule has 1 amide bonds. The highest BCUT2D eigenvalue weighted by Gasteiger charge is 2.54. The first-order valence-corrected chi connectivity index (χ1v) is 13.4. The highest BCUT2D eigenvalue weighted by atomic mass is 16.5. The fourth-order valence-corrected chi connectivity index (χ4v) is 4.96. The molecule has 3 aromatic carbocycles. The van der Waals surface area contributed by atoms with E-state index in [0.717, 1.165) is 11.1 Å². The lowest BCUT2D eigenvalue weighted by atomic mass is 9.79. The minimum Gasteiger partial charge on any atom is -0.494 e. The minimum atomic E-state index is -1.44. The predicted molar refractivity (Wildman–Crippen MR) is 158 cm³/mol. The van der Waals surface area contributed by atoms with E-state index >= 15 is 0 Å². The van der Waals surface area contributed by atoms with Crippen molar-refractivity contribution < 1.29 is 19.4 Å². The zero-order valence-electron chi connectivity index (χ0n) is 23.5. The largest absolute Gasteiger partial charge is 0.494 e. The average Bonchev–Trinajstić information content (AvgIpc) is 3.39. The third kappa shape index (κ3) is 6.64. The molecule has 0 aliphatic carbocycles. The highest BCUT2D eigenvalue weighted by molar-refractivity contribution is 6.01. The summed E-state index contributed by atoms with van der Waals surface area (Å²) in [4.78, 5) is 26.6. The molecule has 0 saturated carbocycles. The number of rotatable bonds is 13. The Kier molecular flexibility index (Phi) is 10.0. The van der Waals surface area contributed by atoms with Gasteiger partial charge in [-0.15, -0.1) is 0 Å². The van der Waals surface area contributed by atoms with Crippen LogP contribution in [0.15, 0.2) is 88.0 Å². The van der Waals surface area contributed by atoms with Crippen LogP contribution in [0.4, 0.5) is 0 Å². The van der Waals surface area contributed by atoms with Crippen LogP contribution in [0.3, 0.4) is 0 Å². The molecule has 2 atom stereocenters. The van der Waals surface area contributed by atoms with Crippen LogP contribution in [0.5, 0.6) is 5.75 Å². The van der Waals surface area contributed by atoms with Gasteiger partial charge >= 0.3 is 0 Å². The minimum absolute atomic E-state index is 0.0409. The number of hydrogen-bond acceptors (Lipinski definition) is 7. The first-order chi connectivity index (χ1) is 20.4. The summed E-state index contributed by atoms with van der Waals surface area (Å²) in [5.74, 6) is 0.636. The number of aliphatic imine (C=N–C) groups is 1. The van der Waals surface area contributed by atoms with Gasteiger partial charge in [0.2, 0.25) is 5.90 Å². The van der Waals surface area contributed by atoms with Crippen molar-refractivity contribution in [2.75, 3.05) is 27.3 Å². The third-order valence-corrected chi connectivity index (χ3v) is 6.94. The second-order valence-corrected chi connectivity index (χ2v) is 9.91. The number of amides is 1. The summed E-state index contributed by atoms with van der Waals surface area (Å²) < 4.78 is 12.3. The van der Waals surface area contributed by atoms with Gasteiger partial charge in [0.05, 0.1) is 19.7 Å². The number of hydrogen-bond donors (Lipinski definition) is 1. The molecule has 0 radical (unpaired) electrons. The molecule has 0 bridgehead atoms. The number of ether oxygens (including phenoxy) is 2. The molecular formula is C30H32N8O4. The van der Waals surface area contributed by atoms with Crippen molar-refractivity contribution in [2.24, 2.45) is 15.2 Å². The Hall–Kier alpha value is -5.02. The predicted octanol–water partition coefficient (Wildman–Crippen LogP) is 5.66. The monoisotopic (exact) mass is 568 g/mol. The van der Waals surface area contributed by atoms with Crippen LogP contribution in [0.2, 0.25) is 0 Å². The van der Waals surface area contributed by atoms with Gasteiger partial charge in [-0.05, 0) is 57.6 Å². The molecule has 216 valence electrons. The maximum absolute atomic E-state index is 14.2. The lowest BCUT2D eigenvalue weighted by molar-refractivity contribution is -0.137. The molecule has 1 heterocycles. The van der Waals surface area contributed by atoms with Crippen LogP contribution < -0.4 is 4.74 Å². The molecule has 12 nitrogen and oxygen atoms in total. The molecule has 1 aliphatic heterocycles. The summed E-state index contributed by atoms with van der Waals surface area (Å²) in [7, 11) is 3.34. The number of aliphatic hydroxyl groups excluding tert-OH is 1. The SMILES string of the molecule is CN(C)C(=O)[C@@]1(Cc2ccccc2CN=[N+]=[N-])N=C(c2ccc(OCCCO)cc2)O[C@H]1c1ccccc1CN=[N+]=[N-]. The Bertz CT molecular complexity index is 1530. The number of aliphatic hydroxyl groups is 1. The standard InChI is InChI=1S/C30H32N8O4/c1-38(2)29(40)30(18-22-8-3-4-9-23(22)19-33-36-31)27(26-11-6-5-10-24(26)20-34-37-32)42-28(35-30)21-12-14-25(15-13-21)41-17-7-16-39/h3-6,8-15,27,39H,7,16-20H2,1-2H3/t27-,30-/m0/s1. The molecule has 1 N–H and O–H groups in total. The number of likely N-dealkylation sites (N-methyl/N-ethyl adjacent to an activating group) is 1. The van der Waals surface area contributed by atoms with Crippen molar-refractivity contribution in [3.05, 3.63) is 121 Å². The van der Waals surface area contributed by atoms with Crippen LogP contribution in [-0.4, -0.2) is 54.7 Å². The second-order valence-electron chi connectivity index (χ2n) is 9.91. The zero-order chi connectivity index (χ0) is 30.0. The first kappa shape index (κ1) is 30.0. The summed E-state index contributed by atoms with van der Waals surface area (Å²) in [6, 6.07) is 22.0. The summed E-state index contributed by atoms with van der Waals surface area (Å²) in [5.41, 5.74) is 20.1. The molecule has 42 heavy (non-hydrogen) atoms. The lowest BCUT2D eigenvalue weighted by Gasteiger charge is -2.34. The van der Waals surface area contributed by atoms with E-state index in [9.17, 15) is 4.79 Å². The molecule has 1 aliphatic rings. The van der Waals surface area contributed by atoms with Crippen LogP contribution in [-0.2, 0) is 29.0 Å². The van der Waals surface area contributed by atoms with Crippen LogP contribution >= 0.6 is 0 Å². The van der Waals surface area contributed by atoms with E-state index in [1.54, 1.807) is 26.2 Å². The Morgan fingerprint density at radius 1 is 0.976 bits per heavy atom. The Morgan fingerprint density at radius 2 is 1.60 bits per heavy atom. The van der Waals surface area contributed by atoms with Crippen LogP contribution in [0.25, 0.3) is 20.9 Å². The molecule has 0 spiro atoms. The van der Waals surface area contributed by atoms with E-state index in [2.05, 4.69) is 20.1 Å². The van der Waals surface area contributed by atoms with Crippen molar-refractivity contribution in [3.8, 4) is 5.75 Å². The number of azide groups is 2. The Balaban J connectivity index is 1.87. The number of nitrogens with zero attached hydrogens (tertiary/aromatic N) is 8. The van der Waals surface area contributed by atoms with Gasteiger partial charge in [0.25, 0.3) is 5.91 Å². The summed E-state index contributed by atoms with van der Waals surface area (Å²) in [6.45, 7) is 0.611. The lowest BCUT2D eigenvalue weighted by Crippen LogP contribution is -2.49. The maximum Gasteiger partial charge on any atom is 0.254 e. The van der Waals surface area contributed by atoms with E-state index in [4.69, 9.17) is 30.6 Å². The van der Waals surface area contributed by atoms with E-state index in [-0.39, 0.29) is 37.9 Å². The highest BCUT2D eigenvalue weighted by Crippen LogP contribution is 2.45. The van der Waals surface area contributed by atoms with Crippen molar-refractivity contribution in [1.29, 1.82) is 0 Å². The van der Waals surface area contributed by atoms with Crippen LogP contribution in [0.1, 0.15) is 40.3 Å².